The van der Waals surface area contributed by atoms with Crippen LogP contribution in [0, 0.1) is 12.7 Å². The van der Waals surface area contributed by atoms with Crippen molar-refractivity contribution in [2.45, 2.75) is 19.4 Å². The number of carbonyl (C=O) groups is 2. The molecule has 2 amide bonds. The molecule has 1 atom stereocenters. The molecule has 1 aliphatic heterocycles. The SMILES string of the molecule is Cc1c(-c2ccc(F)cc2)nn2c1NC(=O)C[C@H]2C(=O)Nc1ccc(Cl)c(Cl)c1. The number of carbonyl (C=O) groups excluding carboxylic acids is 2. The van der Waals surface area contributed by atoms with Crippen molar-refractivity contribution in [1.82, 2.24) is 9.78 Å². The third-order valence-electron chi connectivity index (χ3n) is 4.69. The molecule has 6 nitrogen and oxygen atoms in total. The summed E-state index contributed by atoms with van der Waals surface area (Å²) in [5, 5.41) is 10.7. The van der Waals surface area contributed by atoms with Crippen molar-refractivity contribution in [3.63, 3.8) is 0 Å². The summed E-state index contributed by atoms with van der Waals surface area (Å²) in [7, 11) is 0. The minimum absolute atomic E-state index is 0.0653. The molecular formula is C20H15Cl2FN4O2. The normalized spacial score (nSPS) is 15.6. The van der Waals surface area contributed by atoms with E-state index in [4.69, 9.17) is 23.2 Å². The van der Waals surface area contributed by atoms with E-state index in [0.717, 1.165) is 0 Å². The molecule has 29 heavy (non-hydrogen) atoms. The van der Waals surface area contributed by atoms with Crippen LogP contribution in [0.15, 0.2) is 42.5 Å². The summed E-state index contributed by atoms with van der Waals surface area (Å²) in [6.45, 7) is 1.79. The number of nitrogens with one attached hydrogen (secondary N) is 2. The van der Waals surface area contributed by atoms with Crippen molar-refractivity contribution < 1.29 is 14.0 Å². The first-order valence-corrected chi connectivity index (χ1v) is 9.50. The Morgan fingerprint density at radius 3 is 2.62 bits per heavy atom. The van der Waals surface area contributed by atoms with E-state index >= 15 is 0 Å². The van der Waals surface area contributed by atoms with Gasteiger partial charge in [-0.1, -0.05) is 23.2 Å². The Balaban J connectivity index is 1.69. The van der Waals surface area contributed by atoms with Crippen LogP contribution < -0.4 is 10.6 Å². The molecule has 1 aromatic heterocycles. The molecule has 0 saturated heterocycles. The van der Waals surface area contributed by atoms with Crippen LogP contribution in [-0.2, 0) is 9.59 Å². The van der Waals surface area contributed by atoms with Gasteiger partial charge in [0.1, 0.15) is 17.7 Å². The first-order chi connectivity index (χ1) is 13.8. The van der Waals surface area contributed by atoms with E-state index < -0.39 is 11.9 Å². The molecular weight excluding hydrogens is 418 g/mol. The summed E-state index contributed by atoms with van der Waals surface area (Å²) >= 11 is 11.9. The van der Waals surface area contributed by atoms with Crippen LogP contribution in [0.4, 0.5) is 15.9 Å². The number of nitrogens with zero attached hydrogens (tertiary/aromatic N) is 2. The molecule has 9 heteroatoms. The maximum atomic E-state index is 13.3. The molecule has 0 saturated carbocycles. The summed E-state index contributed by atoms with van der Waals surface area (Å²) in [5.41, 5.74) is 2.40. The monoisotopic (exact) mass is 432 g/mol. The first kappa shape index (κ1) is 19.4. The highest BCUT2D eigenvalue weighted by Crippen LogP contribution is 2.35. The second kappa shape index (κ2) is 7.50. The Morgan fingerprint density at radius 1 is 1.21 bits per heavy atom. The van der Waals surface area contributed by atoms with E-state index in [1.165, 1.54) is 22.9 Å². The molecule has 0 radical (unpaired) electrons. The van der Waals surface area contributed by atoms with Crippen LogP contribution in [0.1, 0.15) is 18.0 Å². The van der Waals surface area contributed by atoms with Crippen molar-refractivity contribution in [2.75, 3.05) is 10.6 Å². The van der Waals surface area contributed by atoms with Gasteiger partial charge in [-0.25, -0.2) is 9.07 Å². The molecule has 2 N–H and O–H groups in total. The lowest BCUT2D eigenvalue weighted by molar-refractivity contribution is -0.125. The second-order valence-electron chi connectivity index (χ2n) is 6.66. The maximum Gasteiger partial charge on any atom is 0.249 e. The smallest absolute Gasteiger partial charge is 0.249 e. The molecule has 0 spiro atoms. The Kier molecular flexibility index (Phi) is 5.02. The summed E-state index contributed by atoms with van der Waals surface area (Å²) in [6, 6.07) is 9.75. The highest BCUT2D eigenvalue weighted by molar-refractivity contribution is 6.42. The Morgan fingerprint density at radius 2 is 1.93 bits per heavy atom. The van der Waals surface area contributed by atoms with Gasteiger partial charge >= 0.3 is 0 Å². The van der Waals surface area contributed by atoms with Gasteiger partial charge in [-0.2, -0.15) is 5.10 Å². The average Bonchev–Trinajstić information content (AvgIpc) is 3.01. The van der Waals surface area contributed by atoms with Crippen molar-refractivity contribution in [1.29, 1.82) is 0 Å². The zero-order valence-corrected chi connectivity index (χ0v) is 16.7. The van der Waals surface area contributed by atoms with E-state index in [1.54, 1.807) is 31.2 Å². The zero-order valence-electron chi connectivity index (χ0n) is 15.2. The van der Waals surface area contributed by atoms with Crippen LogP contribution in [-0.4, -0.2) is 21.6 Å². The standard InChI is InChI=1S/C20H15Cl2FN4O2/c1-10-18(11-2-4-12(23)5-3-11)26-27-16(9-17(28)25-19(10)27)20(29)24-13-6-7-14(21)15(22)8-13/h2-8,16H,9H2,1H3,(H,24,29)(H,25,28)/t16-/m0/s1. The molecule has 1 aliphatic rings. The van der Waals surface area contributed by atoms with E-state index in [1.807, 2.05) is 0 Å². The third-order valence-corrected chi connectivity index (χ3v) is 5.43. The van der Waals surface area contributed by atoms with Gasteiger partial charge in [0.15, 0.2) is 0 Å². The van der Waals surface area contributed by atoms with E-state index in [2.05, 4.69) is 15.7 Å². The number of halogens is 3. The molecule has 148 valence electrons. The van der Waals surface area contributed by atoms with Crippen LogP contribution in [0.5, 0.6) is 0 Å². The minimum atomic E-state index is -0.846. The van der Waals surface area contributed by atoms with Gasteiger partial charge in [-0.3, -0.25) is 9.59 Å². The van der Waals surface area contributed by atoms with Crippen LogP contribution in [0.2, 0.25) is 10.0 Å². The lowest BCUT2D eigenvalue weighted by Gasteiger charge is -2.24. The van der Waals surface area contributed by atoms with Crippen molar-refractivity contribution in [3.8, 4) is 11.3 Å². The topological polar surface area (TPSA) is 76.0 Å². The molecule has 0 unspecified atom stereocenters. The quantitative estimate of drug-likeness (QED) is 0.622. The number of anilines is 2. The highest BCUT2D eigenvalue weighted by Gasteiger charge is 2.34. The predicted molar refractivity (Wildman–Crippen MR) is 110 cm³/mol. The third kappa shape index (κ3) is 3.71. The number of hydrogen-bond donors (Lipinski definition) is 2. The van der Waals surface area contributed by atoms with Crippen molar-refractivity contribution >= 4 is 46.5 Å². The molecule has 2 heterocycles. The number of benzene rings is 2. The highest BCUT2D eigenvalue weighted by atomic mass is 35.5. The number of aromatic nitrogens is 2. The second-order valence-corrected chi connectivity index (χ2v) is 7.47. The van der Waals surface area contributed by atoms with E-state index in [-0.39, 0.29) is 18.1 Å². The Hall–Kier alpha value is -2.90. The number of hydrogen-bond acceptors (Lipinski definition) is 3. The van der Waals surface area contributed by atoms with E-state index in [0.29, 0.717) is 38.4 Å². The average molecular weight is 433 g/mol. The fourth-order valence-electron chi connectivity index (χ4n) is 3.22. The zero-order chi connectivity index (χ0) is 20.7. The Labute approximate surface area is 175 Å². The fourth-order valence-corrected chi connectivity index (χ4v) is 3.52. The maximum absolute atomic E-state index is 13.3. The van der Waals surface area contributed by atoms with Gasteiger partial charge < -0.3 is 10.6 Å². The van der Waals surface area contributed by atoms with Crippen LogP contribution in [0.25, 0.3) is 11.3 Å². The largest absolute Gasteiger partial charge is 0.324 e. The van der Waals surface area contributed by atoms with Gasteiger partial charge in [0.05, 0.1) is 22.2 Å². The summed E-state index contributed by atoms with van der Waals surface area (Å²) < 4.78 is 14.7. The van der Waals surface area contributed by atoms with Gasteiger partial charge in [-0.15, -0.1) is 0 Å². The lowest BCUT2D eigenvalue weighted by Crippen LogP contribution is -2.35. The summed E-state index contributed by atoms with van der Waals surface area (Å²) in [6.07, 6.45) is -0.0653. The van der Waals surface area contributed by atoms with Gasteiger partial charge in [0, 0.05) is 16.8 Å². The molecule has 0 aliphatic carbocycles. The van der Waals surface area contributed by atoms with Gasteiger partial charge in [0.2, 0.25) is 11.8 Å². The van der Waals surface area contributed by atoms with Crippen LogP contribution in [0.3, 0.4) is 0 Å². The summed E-state index contributed by atoms with van der Waals surface area (Å²) in [5.74, 6) is -0.620. The first-order valence-electron chi connectivity index (χ1n) is 8.74. The predicted octanol–water partition coefficient (Wildman–Crippen LogP) is 4.83. The molecule has 4 rings (SSSR count). The molecule has 3 aromatic rings. The molecule has 2 aromatic carbocycles. The van der Waals surface area contributed by atoms with Crippen LogP contribution >= 0.6 is 23.2 Å². The van der Waals surface area contributed by atoms with E-state index in [9.17, 15) is 14.0 Å². The van der Waals surface area contributed by atoms with Gasteiger partial charge in [0.25, 0.3) is 0 Å². The summed E-state index contributed by atoms with van der Waals surface area (Å²) in [4.78, 5) is 25.1. The minimum Gasteiger partial charge on any atom is -0.324 e. The van der Waals surface area contributed by atoms with Gasteiger partial charge in [-0.05, 0) is 49.4 Å². The molecule has 0 bridgehead atoms. The van der Waals surface area contributed by atoms with Crippen molar-refractivity contribution in [3.05, 3.63) is 63.9 Å². The molecule has 0 fully saturated rings. The fraction of sp³-hybridized carbons (Fsp3) is 0.150. The number of amides is 2. The van der Waals surface area contributed by atoms with Crippen molar-refractivity contribution in [2.24, 2.45) is 0 Å². The number of rotatable bonds is 3. The number of fused-ring (bicyclic) bond motifs is 1. The lowest BCUT2D eigenvalue weighted by atomic mass is 10.1. The Bertz CT molecular complexity index is 1130.